The molecular weight excluding hydrogens is 262 g/mol. The molecule has 1 aromatic carbocycles. The molecule has 2 unspecified atom stereocenters. The van der Waals surface area contributed by atoms with Crippen molar-refractivity contribution in [1.82, 2.24) is 14.9 Å². The third kappa shape index (κ3) is 3.32. The Labute approximate surface area is 126 Å². The van der Waals surface area contributed by atoms with E-state index in [0.717, 1.165) is 24.0 Å². The highest BCUT2D eigenvalue weighted by molar-refractivity contribution is 5.74. The van der Waals surface area contributed by atoms with Crippen molar-refractivity contribution >= 4 is 11.0 Å². The van der Waals surface area contributed by atoms with Crippen molar-refractivity contribution < 1.29 is 0 Å². The van der Waals surface area contributed by atoms with Crippen molar-refractivity contribution in [2.45, 2.75) is 46.7 Å². The van der Waals surface area contributed by atoms with Crippen LogP contribution in [0.3, 0.4) is 0 Å². The zero-order valence-corrected chi connectivity index (χ0v) is 13.4. The Morgan fingerprint density at radius 1 is 1.29 bits per heavy atom. The van der Waals surface area contributed by atoms with Gasteiger partial charge in [0.2, 0.25) is 0 Å². The summed E-state index contributed by atoms with van der Waals surface area (Å²) in [6.45, 7) is 9.91. The second kappa shape index (κ2) is 6.85. The van der Waals surface area contributed by atoms with E-state index in [9.17, 15) is 4.79 Å². The Morgan fingerprint density at radius 2 is 2.00 bits per heavy atom. The summed E-state index contributed by atoms with van der Waals surface area (Å²) in [4.78, 5) is 16.9. The number of likely N-dealkylation sites (N-methyl/N-ethyl adjacent to an activating group) is 1. The van der Waals surface area contributed by atoms with E-state index in [0.29, 0.717) is 24.2 Å². The van der Waals surface area contributed by atoms with Crippen molar-refractivity contribution in [3.8, 4) is 0 Å². The van der Waals surface area contributed by atoms with E-state index in [-0.39, 0.29) is 5.56 Å². The van der Waals surface area contributed by atoms with Crippen LogP contribution in [0.15, 0.2) is 29.1 Å². The summed E-state index contributed by atoms with van der Waals surface area (Å²) in [5, 5.41) is 3.51. The molecule has 1 N–H and O–H groups in total. The summed E-state index contributed by atoms with van der Waals surface area (Å²) < 4.78 is 1.87. The molecule has 0 spiro atoms. The van der Waals surface area contributed by atoms with Gasteiger partial charge in [0.1, 0.15) is 5.69 Å². The first kappa shape index (κ1) is 15.7. The fourth-order valence-electron chi connectivity index (χ4n) is 2.69. The van der Waals surface area contributed by atoms with E-state index < -0.39 is 0 Å². The van der Waals surface area contributed by atoms with Crippen LogP contribution >= 0.6 is 0 Å². The maximum absolute atomic E-state index is 12.5. The molecule has 0 saturated carbocycles. The van der Waals surface area contributed by atoms with Gasteiger partial charge in [-0.3, -0.25) is 4.79 Å². The minimum Gasteiger partial charge on any atom is -0.312 e. The summed E-state index contributed by atoms with van der Waals surface area (Å²) >= 11 is 0. The molecule has 0 bridgehead atoms. The van der Waals surface area contributed by atoms with Gasteiger partial charge in [0.05, 0.1) is 11.0 Å². The minimum atomic E-state index is 0.0138. The van der Waals surface area contributed by atoms with E-state index in [2.05, 4.69) is 31.1 Å². The van der Waals surface area contributed by atoms with Crippen LogP contribution in [0.2, 0.25) is 0 Å². The van der Waals surface area contributed by atoms with Gasteiger partial charge in [-0.25, -0.2) is 4.98 Å². The molecule has 4 heteroatoms. The van der Waals surface area contributed by atoms with Gasteiger partial charge in [0.15, 0.2) is 0 Å². The molecule has 0 amide bonds. The standard InChI is InChI=1S/C17H25N3O/c1-5-12(3)15(18-6-2)11-20-16-10-8-7-9-14(16)19-13(4)17(20)21/h7-10,12,15,18H,5-6,11H2,1-4H3. The van der Waals surface area contributed by atoms with Crippen molar-refractivity contribution in [2.24, 2.45) is 5.92 Å². The van der Waals surface area contributed by atoms with E-state index in [1.165, 1.54) is 0 Å². The number of rotatable bonds is 6. The second-order valence-electron chi connectivity index (χ2n) is 5.65. The van der Waals surface area contributed by atoms with Gasteiger partial charge in [-0.2, -0.15) is 0 Å². The zero-order valence-electron chi connectivity index (χ0n) is 13.4. The predicted octanol–water partition coefficient (Wildman–Crippen LogP) is 2.73. The summed E-state index contributed by atoms with van der Waals surface area (Å²) in [6, 6.07) is 8.15. The molecule has 2 aromatic rings. The fraction of sp³-hybridized carbons (Fsp3) is 0.529. The summed E-state index contributed by atoms with van der Waals surface area (Å²) in [5.74, 6) is 0.518. The normalized spacial score (nSPS) is 14.3. The van der Waals surface area contributed by atoms with Gasteiger partial charge in [0.25, 0.3) is 5.56 Å². The summed E-state index contributed by atoms with van der Waals surface area (Å²) in [6.07, 6.45) is 1.09. The fourth-order valence-corrected chi connectivity index (χ4v) is 2.69. The van der Waals surface area contributed by atoms with Gasteiger partial charge >= 0.3 is 0 Å². The Morgan fingerprint density at radius 3 is 2.67 bits per heavy atom. The minimum absolute atomic E-state index is 0.0138. The van der Waals surface area contributed by atoms with E-state index in [1.807, 2.05) is 28.8 Å². The molecule has 21 heavy (non-hydrogen) atoms. The van der Waals surface area contributed by atoms with Crippen LogP contribution in [0, 0.1) is 12.8 Å². The zero-order chi connectivity index (χ0) is 15.4. The first-order valence-electron chi connectivity index (χ1n) is 7.78. The first-order chi connectivity index (χ1) is 10.1. The summed E-state index contributed by atoms with van der Waals surface area (Å²) in [5.41, 5.74) is 2.38. The average molecular weight is 287 g/mol. The van der Waals surface area contributed by atoms with Crippen molar-refractivity contribution in [3.63, 3.8) is 0 Å². The second-order valence-corrected chi connectivity index (χ2v) is 5.65. The van der Waals surface area contributed by atoms with Crippen LogP contribution in [0.25, 0.3) is 11.0 Å². The molecule has 0 aliphatic carbocycles. The Hall–Kier alpha value is -1.68. The smallest absolute Gasteiger partial charge is 0.272 e. The van der Waals surface area contributed by atoms with Gasteiger partial charge in [0, 0.05) is 12.6 Å². The molecule has 1 heterocycles. The van der Waals surface area contributed by atoms with Crippen LogP contribution in [0.4, 0.5) is 0 Å². The van der Waals surface area contributed by atoms with Gasteiger partial charge < -0.3 is 9.88 Å². The number of fused-ring (bicyclic) bond motifs is 1. The molecule has 0 aliphatic rings. The Balaban J connectivity index is 2.49. The molecule has 114 valence electrons. The Kier molecular flexibility index (Phi) is 5.12. The largest absolute Gasteiger partial charge is 0.312 e. The summed E-state index contributed by atoms with van der Waals surface area (Å²) in [7, 11) is 0. The number of hydrogen-bond acceptors (Lipinski definition) is 3. The van der Waals surface area contributed by atoms with Gasteiger partial charge in [-0.05, 0) is 31.5 Å². The number of para-hydroxylation sites is 2. The topological polar surface area (TPSA) is 46.9 Å². The maximum Gasteiger partial charge on any atom is 0.272 e. The number of aryl methyl sites for hydroxylation is 1. The molecule has 1 aromatic heterocycles. The lowest BCUT2D eigenvalue weighted by Gasteiger charge is -2.25. The van der Waals surface area contributed by atoms with Crippen LogP contribution < -0.4 is 10.9 Å². The number of nitrogens with zero attached hydrogens (tertiary/aromatic N) is 2. The highest BCUT2D eigenvalue weighted by Gasteiger charge is 2.18. The van der Waals surface area contributed by atoms with Crippen molar-refractivity contribution in [2.75, 3.05) is 6.54 Å². The molecule has 2 atom stereocenters. The van der Waals surface area contributed by atoms with Gasteiger partial charge in [-0.15, -0.1) is 0 Å². The molecular formula is C17H25N3O. The van der Waals surface area contributed by atoms with Crippen LogP contribution in [0.5, 0.6) is 0 Å². The SMILES string of the molecule is CCNC(Cn1c(=O)c(C)nc2ccccc21)C(C)CC. The molecule has 0 aliphatic heterocycles. The molecule has 4 nitrogen and oxygen atoms in total. The first-order valence-corrected chi connectivity index (χ1v) is 7.78. The van der Waals surface area contributed by atoms with Crippen molar-refractivity contribution in [3.05, 3.63) is 40.3 Å². The van der Waals surface area contributed by atoms with Crippen LogP contribution in [0.1, 0.15) is 32.9 Å². The van der Waals surface area contributed by atoms with E-state index in [4.69, 9.17) is 0 Å². The van der Waals surface area contributed by atoms with E-state index in [1.54, 1.807) is 6.92 Å². The molecule has 0 saturated heterocycles. The lowest BCUT2D eigenvalue weighted by atomic mass is 9.99. The number of hydrogen-bond donors (Lipinski definition) is 1. The maximum atomic E-state index is 12.5. The van der Waals surface area contributed by atoms with Crippen LogP contribution in [-0.4, -0.2) is 22.1 Å². The number of aromatic nitrogens is 2. The highest BCUT2D eigenvalue weighted by Crippen LogP contribution is 2.14. The average Bonchev–Trinajstić information content (AvgIpc) is 2.50. The van der Waals surface area contributed by atoms with Crippen molar-refractivity contribution in [1.29, 1.82) is 0 Å². The monoisotopic (exact) mass is 287 g/mol. The number of nitrogens with one attached hydrogen (secondary N) is 1. The third-order valence-corrected chi connectivity index (χ3v) is 4.19. The predicted molar refractivity (Wildman–Crippen MR) is 87.7 cm³/mol. The molecule has 0 fully saturated rings. The third-order valence-electron chi connectivity index (χ3n) is 4.19. The Bertz CT molecular complexity index is 663. The number of benzene rings is 1. The lowest BCUT2D eigenvalue weighted by molar-refractivity contribution is 0.334. The lowest BCUT2D eigenvalue weighted by Crippen LogP contribution is -2.41. The highest BCUT2D eigenvalue weighted by atomic mass is 16.1. The van der Waals surface area contributed by atoms with E-state index >= 15 is 0 Å². The molecule has 2 rings (SSSR count). The molecule has 0 radical (unpaired) electrons. The van der Waals surface area contributed by atoms with Crippen LogP contribution in [-0.2, 0) is 6.54 Å². The van der Waals surface area contributed by atoms with Gasteiger partial charge in [-0.1, -0.05) is 39.3 Å². The quantitative estimate of drug-likeness (QED) is 0.888.